The first-order chi connectivity index (χ1) is 8.69. The number of carbonyl (C=O) groups excluding carboxylic acids is 1. The number of alkyl halides is 1. The van der Waals surface area contributed by atoms with Crippen molar-refractivity contribution in [3.05, 3.63) is 28.2 Å². The lowest BCUT2D eigenvalue weighted by Gasteiger charge is -2.09. The Morgan fingerprint density at radius 2 is 2.17 bits per heavy atom. The van der Waals surface area contributed by atoms with Crippen LogP contribution in [0.1, 0.15) is 29.6 Å². The van der Waals surface area contributed by atoms with Crippen LogP contribution >= 0.6 is 27.5 Å². The number of rotatable bonds is 7. The van der Waals surface area contributed by atoms with Crippen LogP contribution in [0.4, 0.5) is 0 Å². The van der Waals surface area contributed by atoms with Crippen molar-refractivity contribution in [1.29, 1.82) is 0 Å². The van der Waals surface area contributed by atoms with Crippen LogP contribution < -0.4 is 10.1 Å². The van der Waals surface area contributed by atoms with Gasteiger partial charge in [0.1, 0.15) is 5.75 Å². The molecule has 0 heterocycles. The molecule has 0 aliphatic rings. The first-order valence-electron chi connectivity index (χ1n) is 5.86. The zero-order valence-electron chi connectivity index (χ0n) is 10.3. The van der Waals surface area contributed by atoms with E-state index in [1.54, 1.807) is 19.2 Å². The van der Waals surface area contributed by atoms with Gasteiger partial charge in [-0.1, -0.05) is 22.4 Å². The SMILES string of the molecule is COc1cc(Br)ccc1C(=O)NCCCCCCl. The average Bonchev–Trinajstić information content (AvgIpc) is 2.38. The number of ether oxygens (including phenoxy) is 1. The van der Waals surface area contributed by atoms with Crippen molar-refractivity contribution in [3.63, 3.8) is 0 Å². The van der Waals surface area contributed by atoms with Crippen molar-refractivity contribution in [2.24, 2.45) is 0 Å². The number of hydrogen-bond acceptors (Lipinski definition) is 2. The highest BCUT2D eigenvalue weighted by Gasteiger charge is 2.11. The molecule has 0 saturated heterocycles. The van der Waals surface area contributed by atoms with Gasteiger partial charge in [-0.15, -0.1) is 11.6 Å². The third-order valence-corrected chi connectivity index (χ3v) is 3.26. The van der Waals surface area contributed by atoms with Crippen molar-refractivity contribution in [2.45, 2.75) is 19.3 Å². The lowest BCUT2D eigenvalue weighted by Crippen LogP contribution is -2.24. The third-order valence-electron chi connectivity index (χ3n) is 2.50. The summed E-state index contributed by atoms with van der Waals surface area (Å²) in [6.07, 6.45) is 2.96. The molecule has 1 rings (SSSR count). The van der Waals surface area contributed by atoms with E-state index in [1.165, 1.54) is 0 Å². The first-order valence-corrected chi connectivity index (χ1v) is 7.19. The van der Waals surface area contributed by atoms with Crippen LogP contribution in [0.5, 0.6) is 5.75 Å². The molecule has 1 N–H and O–H groups in total. The van der Waals surface area contributed by atoms with Crippen LogP contribution in [0.2, 0.25) is 0 Å². The lowest BCUT2D eigenvalue weighted by molar-refractivity contribution is 0.0950. The van der Waals surface area contributed by atoms with E-state index >= 15 is 0 Å². The molecule has 0 spiro atoms. The van der Waals surface area contributed by atoms with Crippen LogP contribution in [0.3, 0.4) is 0 Å². The van der Waals surface area contributed by atoms with E-state index in [9.17, 15) is 4.79 Å². The third kappa shape index (κ3) is 4.86. The van der Waals surface area contributed by atoms with Gasteiger partial charge in [0, 0.05) is 16.9 Å². The van der Waals surface area contributed by atoms with Crippen molar-refractivity contribution in [2.75, 3.05) is 19.5 Å². The largest absolute Gasteiger partial charge is 0.496 e. The van der Waals surface area contributed by atoms with E-state index in [-0.39, 0.29) is 5.91 Å². The van der Waals surface area contributed by atoms with Crippen molar-refractivity contribution >= 4 is 33.4 Å². The quantitative estimate of drug-likeness (QED) is 0.611. The van der Waals surface area contributed by atoms with Gasteiger partial charge in [0.2, 0.25) is 0 Å². The molecule has 0 atom stereocenters. The Morgan fingerprint density at radius 1 is 1.39 bits per heavy atom. The molecule has 0 radical (unpaired) electrons. The number of amides is 1. The maximum absolute atomic E-state index is 11.9. The second-order valence-corrected chi connectivity index (χ2v) is 5.14. The van der Waals surface area contributed by atoms with Gasteiger partial charge in [-0.3, -0.25) is 4.79 Å². The van der Waals surface area contributed by atoms with Crippen LogP contribution in [0.25, 0.3) is 0 Å². The molecule has 18 heavy (non-hydrogen) atoms. The predicted molar refractivity (Wildman–Crippen MR) is 77.6 cm³/mol. The molecule has 5 heteroatoms. The molecule has 1 amide bonds. The minimum Gasteiger partial charge on any atom is -0.496 e. The number of methoxy groups -OCH3 is 1. The molecular weight excluding hydrogens is 318 g/mol. The molecule has 3 nitrogen and oxygen atoms in total. The van der Waals surface area contributed by atoms with Gasteiger partial charge < -0.3 is 10.1 Å². The van der Waals surface area contributed by atoms with E-state index in [0.717, 1.165) is 23.7 Å². The molecule has 0 aliphatic carbocycles. The average molecular weight is 335 g/mol. The number of halogens is 2. The molecule has 0 fully saturated rings. The van der Waals surface area contributed by atoms with E-state index in [0.29, 0.717) is 23.7 Å². The Labute approximate surface area is 121 Å². The second kappa shape index (κ2) is 8.38. The Hall–Kier alpha value is -0.740. The zero-order chi connectivity index (χ0) is 13.4. The molecule has 0 bridgehead atoms. The van der Waals surface area contributed by atoms with Gasteiger partial charge in [0.05, 0.1) is 12.7 Å². The van der Waals surface area contributed by atoms with E-state index in [4.69, 9.17) is 16.3 Å². The fourth-order valence-electron chi connectivity index (χ4n) is 1.55. The normalized spacial score (nSPS) is 10.2. The van der Waals surface area contributed by atoms with Gasteiger partial charge in [-0.05, 0) is 31.0 Å². The van der Waals surface area contributed by atoms with Crippen LogP contribution in [-0.2, 0) is 0 Å². The topological polar surface area (TPSA) is 38.3 Å². The summed E-state index contributed by atoms with van der Waals surface area (Å²) in [6.45, 7) is 0.662. The maximum Gasteiger partial charge on any atom is 0.255 e. The summed E-state index contributed by atoms with van der Waals surface area (Å²) >= 11 is 8.93. The van der Waals surface area contributed by atoms with Gasteiger partial charge >= 0.3 is 0 Å². The number of nitrogens with one attached hydrogen (secondary N) is 1. The van der Waals surface area contributed by atoms with Crippen LogP contribution in [0.15, 0.2) is 22.7 Å². The van der Waals surface area contributed by atoms with Crippen LogP contribution in [-0.4, -0.2) is 25.4 Å². The summed E-state index contributed by atoms with van der Waals surface area (Å²) < 4.78 is 6.07. The smallest absolute Gasteiger partial charge is 0.255 e. The standard InChI is InChI=1S/C13H17BrClNO2/c1-18-12-9-10(14)5-6-11(12)13(17)16-8-4-2-3-7-15/h5-6,9H,2-4,7-8H2,1H3,(H,16,17). The molecule has 0 aromatic heterocycles. The molecule has 100 valence electrons. The maximum atomic E-state index is 11.9. The predicted octanol–water partition coefficient (Wildman–Crippen LogP) is 3.60. The van der Waals surface area contributed by atoms with Gasteiger partial charge in [0.25, 0.3) is 5.91 Å². The monoisotopic (exact) mass is 333 g/mol. The molecule has 0 saturated carbocycles. The van der Waals surface area contributed by atoms with E-state index in [1.807, 2.05) is 6.07 Å². The number of benzene rings is 1. The fourth-order valence-corrected chi connectivity index (χ4v) is 2.08. The Morgan fingerprint density at radius 3 is 2.83 bits per heavy atom. The molecule has 1 aromatic rings. The number of hydrogen-bond donors (Lipinski definition) is 1. The van der Waals surface area contributed by atoms with Gasteiger partial charge in [-0.25, -0.2) is 0 Å². The summed E-state index contributed by atoms with van der Waals surface area (Å²) in [5.41, 5.74) is 0.554. The summed E-state index contributed by atoms with van der Waals surface area (Å²) in [5.74, 6) is 1.14. The minimum absolute atomic E-state index is 0.106. The summed E-state index contributed by atoms with van der Waals surface area (Å²) in [7, 11) is 1.55. The second-order valence-electron chi connectivity index (χ2n) is 3.85. The number of unbranched alkanes of at least 4 members (excludes halogenated alkanes) is 2. The van der Waals surface area contributed by atoms with Crippen LogP contribution in [0, 0.1) is 0 Å². The van der Waals surface area contributed by atoms with E-state index < -0.39 is 0 Å². The first kappa shape index (κ1) is 15.3. The highest BCUT2D eigenvalue weighted by atomic mass is 79.9. The minimum atomic E-state index is -0.106. The van der Waals surface area contributed by atoms with Crippen molar-refractivity contribution in [3.8, 4) is 5.75 Å². The molecule has 0 unspecified atom stereocenters. The molecular formula is C13H17BrClNO2. The zero-order valence-corrected chi connectivity index (χ0v) is 12.7. The molecule has 0 aliphatic heterocycles. The Bertz CT molecular complexity index is 399. The Balaban J connectivity index is 2.51. The Kier molecular flexibility index (Phi) is 7.13. The van der Waals surface area contributed by atoms with Gasteiger partial charge in [0.15, 0.2) is 0 Å². The molecule has 1 aromatic carbocycles. The lowest BCUT2D eigenvalue weighted by atomic mass is 10.2. The number of carbonyl (C=O) groups is 1. The van der Waals surface area contributed by atoms with Gasteiger partial charge in [-0.2, -0.15) is 0 Å². The summed E-state index contributed by atoms with van der Waals surface area (Å²) in [4.78, 5) is 11.9. The highest BCUT2D eigenvalue weighted by Crippen LogP contribution is 2.23. The van der Waals surface area contributed by atoms with E-state index in [2.05, 4.69) is 21.2 Å². The summed E-state index contributed by atoms with van der Waals surface area (Å²) in [6, 6.07) is 5.35. The van der Waals surface area contributed by atoms with Crippen molar-refractivity contribution in [1.82, 2.24) is 5.32 Å². The fraction of sp³-hybridized carbons (Fsp3) is 0.462. The van der Waals surface area contributed by atoms with Crippen molar-refractivity contribution < 1.29 is 9.53 Å². The highest BCUT2D eigenvalue weighted by molar-refractivity contribution is 9.10. The summed E-state index contributed by atoms with van der Waals surface area (Å²) in [5, 5.41) is 2.87.